The Balaban J connectivity index is 3.25. The van der Waals surface area contributed by atoms with Crippen LogP contribution in [0.3, 0.4) is 0 Å². The molecule has 0 aromatic rings. The van der Waals surface area contributed by atoms with E-state index < -0.39 is 0 Å². The highest BCUT2D eigenvalue weighted by Crippen LogP contribution is 1.73. The van der Waals surface area contributed by atoms with Gasteiger partial charge in [0.25, 0.3) is 0 Å². The average Bonchev–Trinajstić information content (AvgIpc) is 1.61. The number of hydrogen-bond donors (Lipinski definition) is 0. The first-order valence-electron chi connectivity index (χ1n) is 2.51. The molecule has 0 aliphatic heterocycles. The summed E-state index contributed by atoms with van der Waals surface area (Å²) in [5.74, 6) is 0. The molecule has 5 heavy (non-hydrogen) atoms. The van der Waals surface area contributed by atoms with Gasteiger partial charge in [-0.15, -0.1) is 13.1 Å². The molecule has 0 rings (SSSR count). The van der Waals surface area contributed by atoms with Gasteiger partial charge in [0, 0.05) is 0 Å². The summed E-state index contributed by atoms with van der Waals surface area (Å²) < 4.78 is 13.1. The second-order valence-electron chi connectivity index (χ2n) is 0.729. The summed E-state index contributed by atoms with van der Waals surface area (Å²) in [6, 6.07) is 0. The van der Waals surface area contributed by atoms with Gasteiger partial charge in [0.05, 0.1) is 2.74 Å². The van der Waals surface area contributed by atoms with E-state index in [1.807, 2.05) is 0 Å². The quantitative estimate of drug-likeness (QED) is 0.434. The molecule has 0 heteroatoms. The zero-order chi connectivity index (χ0) is 5.70. The summed E-state index contributed by atoms with van der Waals surface area (Å²) in [7, 11) is 0. The molecule has 0 N–H and O–H groups in total. The minimum absolute atomic E-state index is 0.139. The largest absolute Gasteiger partial charge is 0.103 e. The van der Waals surface area contributed by atoms with Crippen LogP contribution >= 0.6 is 0 Å². The fraction of sp³-hybridized carbons (Fsp3) is 0.200. The first kappa shape index (κ1) is 1.81. The van der Waals surface area contributed by atoms with Crippen molar-refractivity contribution in [2.45, 2.75) is 6.42 Å². The SMILES string of the molecule is [2H]C([2H])=CCC=C. The molecular weight excluding hydrogens is 60.1 g/mol. The van der Waals surface area contributed by atoms with Gasteiger partial charge in [-0.05, 0) is 6.42 Å². The summed E-state index contributed by atoms with van der Waals surface area (Å²) in [5, 5.41) is 0. The molecule has 0 bridgehead atoms. The molecule has 0 amide bonds. The third-order valence-electron chi connectivity index (χ3n) is 0.285. The van der Waals surface area contributed by atoms with Gasteiger partial charge in [-0.2, -0.15) is 0 Å². The highest BCUT2D eigenvalue weighted by molar-refractivity contribution is 4.79. The molecule has 0 unspecified atom stereocenters. The molecule has 0 aromatic carbocycles. The molecule has 0 atom stereocenters. The van der Waals surface area contributed by atoms with Gasteiger partial charge >= 0.3 is 0 Å². The molecule has 0 aromatic heterocycles. The van der Waals surface area contributed by atoms with Crippen molar-refractivity contribution in [2.75, 3.05) is 0 Å². The highest BCUT2D eigenvalue weighted by atomic mass is 13.6. The van der Waals surface area contributed by atoms with Crippen molar-refractivity contribution >= 4 is 0 Å². The van der Waals surface area contributed by atoms with Crippen LogP contribution in [0.2, 0.25) is 0 Å². The average molecular weight is 70.1 g/mol. The first-order valence-corrected chi connectivity index (χ1v) is 1.51. The Morgan fingerprint density at radius 1 is 1.80 bits per heavy atom. The zero-order valence-electron chi connectivity index (χ0n) is 5.07. The summed E-state index contributed by atoms with van der Waals surface area (Å²) >= 11 is 0. The van der Waals surface area contributed by atoms with Crippen molar-refractivity contribution in [1.29, 1.82) is 0 Å². The van der Waals surface area contributed by atoms with E-state index in [0.717, 1.165) is 0 Å². The van der Waals surface area contributed by atoms with Crippen molar-refractivity contribution < 1.29 is 2.74 Å². The van der Waals surface area contributed by atoms with Gasteiger partial charge in [0.15, 0.2) is 0 Å². The Bertz CT molecular complexity index is 80.1. The van der Waals surface area contributed by atoms with Gasteiger partial charge < -0.3 is 0 Å². The van der Waals surface area contributed by atoms with E-state index in [1.165, 1.54) is 6.08 Å². The van der Waals surface area contributed by atoms with E-state index in [0.29, 0.717) is 6.42 Å². The lowest BCUT2D eigenvalue weighted by molar-refractivity contribution is 1.42. The first-order chi connectivity index (χ1) is 3.27. The highest BCUT2D eigenvalue weighted by Gasteiger charge is 1.52. The minimum Gasteiger partial charge on any atom is -0.103 e. The Hall–Kier alpha value is -0.520. The molecule has 0 spiro atoms. The summed E-state index contributed by atoms with van der Waals surface area (Å²) in [4.78, 5) is 0. The van der Waals surface area contributed by atoms with Gasteiger partial charge in [0.2, 0.25) is 0 Å². The lowest BCUT2D eigenvalue weighted by Crippen LogP contribution is -1.43. The Morgan fingerprint density at radius 3 is 2.80 bits per heavy atom. The second-order valence-corrected chi connectivity index (χ2v) is 0.729. The summed E-state index contributed by atoms with van der Waals surface area (Å²) in [5.41, 5.74) is 0. The van der Waals surface area contributed by atoms with E-state index in [9.17, 15) is 0 Å². The van der Waals surface area contributed by atoms with Gasteiger partial charge in [-0.25, -0.2) is 0 Å². The van der Waals surface area contributed by atoms with E-state index in [4.69, 9.17) is 2.74 Å². The van der Waals surface area contributed by atoms with Crippen LogP contribution < -0.4 is 0 Å². The Kier molecular flexibility index (Phi) is 1.26. The molecule has 0 nitrogen and oxygen atoms in total. The maximum Gasteiger partial charge on any atom is 0.0535 e. The number of allylic oxidation sites excluding steroid dienone is 2. The van der Waals surface area contributed by atoms with Gasteiger partial charge in [-0.1, -0.05) is 12.2 Å². The maximum absolute atomic E-state index is 6.56. The van der Waals surface area contributed by atoms with Crippen molar-refractivity contribution in [3.8, 4) is 0 Å². The summed E-state index contributed by atoms with van der Waals surface area (Å²) in [6.45, 7) is 3.28. The smallest absolute Gasteiger partial charge is 0.0535 e. The normalized spacial score (nSPS) is 11.2. The van der Waals surface area contributed by atoms with Crippen LogP contribution in [0.25, 0.3) is 0 Å². The van der Waals surface area contributed by atoms with Gasteiger partial charge in [0.1, 0.15) is 0 Å². The van der Waals surface area contributed by atoms with Crippen LogP contribution in [0.15, 0.2) is 25.3 Å². The summed E-state index contributed by atoms with van der Waals surface area (Å²) in [6.07, 6.45) is 3.76. The van der Waals surface area contributed by atoms with Gasteiger partial charge in [-0.3, -0.25) is 0 Å². The van der Waals surface area contributed by atoms with Crippen LogP contribution in [0, 0.1) is 0 Å². The van der Waals surface area contributed by atoms with E-state index in [1.54, 1.807) is 6.08 Å². The Morgan fingerprint density at radius 2 is 2.60 bits per heavy atom. The molecular formula is C5H8. The lowest BCUT2D eigenvalue weighted by Gasteiger charge is -1.64. The van der Waals surface area contributed by atoms with E-state index in [-0.39, 0.29) is 6.53 Å². The predicted molar refractivity (Wildman–Crippen MR) is 25.0 cm³/mol. The second kappa shape index (κ2) is 3.48. The molecule has 0 radical (unpaired) electrons. The van der Waals surface area contributed by atoms with Crippen molar-refractivity contribution in [1.82, 2.24) is 0 Å². The number of rotatable bonds is 2. The standard InChI is InChI=1S/C5H8/c1-3-5-4-2/h3-4H,1-2,5H2/i1D2. The molecule has 0 fully saturated rings. The molecule has 0 aliphatic rings. The van der Waals surface area contributed by atoms with Crippen molar-refractivity contribution in [3.05, 3.63) is 25.3 Å². The Labute approximate surface area is 35.6 Å². The fourth-order valence-electron chi connectivity index (χ4n) is 0.0833. The van der Waals surface area contributed by atoms with Crippen LogP contribution in [0.1, 0.15) is 9.16 Å². The van der Waals surface area contributed by atoms with Crippen molar-refractivity contribution in [3.63, 3.8) is 0 Å². The fourth-order valence-corrected chi connectivity index (χ4v) is 0.0833. The van der Waals surface area contributed by atoms with Crippen molar-refractivity contribution in [2.24, 2.45) is 0 Å². The van der Waals surface area contributed by atoms with Crippen LogP contribution in [-0.2, 0) is 0 Å². The van der Waals surface area contributed by atoms with Crippen LogP contribution in [0.4, 0.5) is 0 Å². The molecule has 0 saturated heterocycles. The topological polar surface area (TPSA) is 0 Å². The zero-order valence-corrected chi connectivity index (χ0v) is 3.07. The third-order valence-corrected chi connectivity index (χ3v) is 0.285. The molecule has 0 saturated carbocycles. The van der Waals surface area contributed by atoms with E-state index >= 15 is 0 Å². The number of hydrogen-bond acceptors (Lipinski definition) is 0. The minimum atomic E-state index is -0.139. The molecule has 0 aliphatic carbocycles. The lowest BCUT2D eigenvalue weighted by atomic mass is 10.4. The maximum atomic E-state index is 6.56. The van der Waals surface area contributed by atoms with Crippen LogP contribution in [-0.4, -0.2) is 0 Å². The third kappa shape index (κ3) is 3.48. The van der Waals surface area contributed by atoms with Crippen LogP contribution in [0.5, 0.6) is 0 Å². The monoisotopic (exact) mass is 70.1 g/mol. The van der Waals surface area contributed by atoms with E-state index in [2.05, 4.69) is 6.58 Å². The molecule has 28 valence electrons. The molecule has 0 heterocycles. The predicted octanol–water partition coefficient (Wildman–Crippen LogP) is 1.75.